The molecule has 1 saturated heterocycles. The molecule has 0 aromatic heterocycles. The molecule has 0 radical (unpaired) electrons. The zero-order valence-electron chi connectivity index (χ0n) is 20.1. The molecule has 34 heavy (non-hydrogen) atoms. The quantitative estimate of drug-likeness (QED) is 0.594. The molecular weight excluding hydrogens is 450 g/mol. The van der Waals surface area contributed by atoms with Crippen molar-refractivity contribution < 1.29 is 9.59 Å². The molecule has 2 aliphatic heterocycles. The third-order valence-electron chi connectivity index (χ3n) is 6.76. The van der Waals surface area contributed by atoms with E-state index >= 15 is 0 Å². The summed E-state index contributed by atoms with van der Waals surface area (Å²) in [5.41, 5.74) is 4.33. The molecule has 0 atom stereocenters. The highest BCUT2D eigenvalue weighted by Crippen LogP contribution is 2.25. The van der Waals surface area contributed by atoms with Crippen molar-refractivity contribution in [1.82, 2.24) is 20.2 Å². The van der Waals surface area contributed by atoms with Crippen molar-refractivity contribution in [1.29, 1.82) is 0 Å². The lowest BCUT2D eigenvalue weighted by Gasteiger charge is -2.29. The molecular formula is C26H34ClN5O2. The largest absolute Gasteiger partial charge is 0.310 e. The Bertz CT molecular complexity index is 999. The molecule has 2 aromatic rings. The Balaban J connectivity index is 1.32. The molecule has 7 nitrogen and oxygen atoms in total. The summed E-state index contributed by atoms with van der Waals surface area (Å²) >= 11 is 6.25. The molecule has 2 heterocycles. The number of carbonyl (C=O) groups is 2. The maximum absolute atomic E-state index is 13.2. The predicted octanol–water partition coefficient (Wildman–Crippen LogP) is 3.06. The molecule has 0 bridgehead atoms. The van der Waals surface area contributed by atoms with Crippen molar-refractivity contribution in [2.45, 2.75) is 32.9 Å². The van der Waals surface area contributed by atoms with Gasteiger partial charge in [-0.15, -0.1) is 0 Å². The van der Waals surface area contributed by atoms with Crippen molar-refractivity contribution in [3.63, 3.8) is 0 Å². The number of anilines is 1. The Morgan fingerprint density at radius 1 is 1.00 bits per heavy atom. The number of nitrogens with zero attached hydrogens (tertiary/aromatic N) is 4. The predicted molar refractivity (Wildman–Crippen MR) is 136 cm³/mol. The van der Waals surface area contributed by atoms with Crippen LogP contribution < -0.4 is 10.2 Å². The summed E-state index contributed by atoms with van der Waals surface area (Å²) in [5, 5.41) is 7.35. The summed E-state index contributed by atoms with van der Waals surface area (Å²) in [5.74, 6) is -0.128. The van der Waals surface area contributed by atoms with Gasteiger partial charge in [0.15, 0.2) is 0 Å². The van der Waals surface area contributed by atoms with Crippen molar-refractivity contribution in [2.75, 3.05) is 51.2 Å². The first-order chi connectivity index (χ1) is 16.4. The van der Waals surface area contributed by atoms with E-state index < -0.39 is 0 Å². The van der Waals surface area contributed by atoms with Crippen molar-refractivity contribution in [3.05, 3.63) is 64.2 Å². The average molecular weight is 484 g/mol. The van der Waals surface area contributed by atoms with Gasteiger partial charge in [0.25, 0.3) is 5.91 Å². The van der Waals surface area contributed by atoms with Gasteiger partial charge in [-0.25, -0.2) is 5.01 Å². The summed E-state index contributed by atoms with van der Waals surface area (Å²) < 4.78 is 0. The van der Waals surface area contributed by atoms with Gasteiger partial charge in [0.05, 0.1) is 13.1 Å². The summed E-state index contributed by atoms with van der Waals surface area (Å²) in [7, 11) is 1.79. The minimum atomic E-state index is -0.0665. The van der Waals surface area contributed by atoms with E-state index in [9.17, 15) is 9.59 Å². The highest BCUT2D eigenvalue weighted by molar-refractivity contribution is 6.31. The summed E-state index contributed by atoms with van der Waals surface area (Å²) in [6.45, 7) is 7.20. The number of amides is 2. The first-order valence-corrected chi connectivity index (χ1v) is 12.4. The van der Waals surface area contributed by atoms with Crippen LogP contribution in [-0.4, -0.2) is 73.0 Å². The normalized spacial score (nSPS) is 16.0. The zero-order valence-corrected chi connectivity index (χ0v) is 20.9. The van der Waals surface area contributed by atoms with Gasteiger partial charge >= 0.3 is 0 Å². The van der Waals surface area contributed by atoms with Gasteiger partial charge in [0.1, 0.15) is 0 Å². The number of aryl methyl sites for hydroxylation is 1. The third-order valence-corrected chi connectivity index (χ3v) is 7.00. The molecule has 2 aliphatic rings. The number of halogens is 1. The highest BCUT2D eigenvalue weighted by atomic mass is 35.5. The number of fused-ring (bicyclic) bond motifs is 1. The van der Waals surface area contributed by atoms with Gasteiger partial charge in [-0.3, -0.25) is 19.9 Å². The van der Waals surface area contributed by atoms with Gasteiger partial charge in [-0.05, 0) is 61.7 Å². The van der Waals surface area contributed by atoms with Crippen molar-refractivity contribution in [2.24, 2.45) is 0 Å². The first-order valence-electron chi connectivity index (χ1n) is 12.0. The number of hydrazine groups is 1. The van der Waals surface area contributed by atoms with Gasteiger partial charge in [-0.2, -0.15) is 0 Å². The minimum absolute atomic E-state index is 0.0615. The number of likely N-dealkylation sites (tertiary alicyclic amines) is 1. The van der Waals surface area contributed by atoms with E-state index in [1.807, 2.05) is 42.3 Å². The van der Waals surface area contributed by atoms with Crippen LogP contribution in [0, 0.1) is 6.92 Å². The first kappa shape index (κ1) is 24.7. The number of hydrogen-bond donors (Lipinski definition) is 1. The van der Waals surface area contributed by atoms with Gasteiger partial charge < -0.3 is 9.80 Å². The number of carbonyl (C=O) groups excluding carboxylic acids is 2. The molecule has 8 heteroatoms. The number of hydrogen-bond acceptors (Lipinski definition) is 5. The molecule has 2 amide bonds. The van der Waals surface area contributed by atoms with Crippen LogP contribution in [0.4, 0.5) is 5.69 Å². The number of rotatable bonds is 9. The fraction of sp³-hybridized carbons (Fsp3) is 0.462. The summed E-state index contributed by atoms with van der Waals surface area (Å²) in [4.78, 5) is 30.2. The maximum atomic E-state index is 13.2. The van der Waals surface area contributed by atoms with Crippen LogP contribution in [0.25, 0.3) is 0 Å². The van der Waals surface area contributed by atoms with Crippen molar-refractivity contribution >= 4 is 29.1 Å². The number of nitrogens with one attached hydrogen (secondary N) is 1. The maximum Gasteiger partial charge on any atom is 0.250 e. The molecule has 2 aromatic carbocycles. The number of benzene rings is 2. The Morgan fingerprint density at radius 3 is 2.32 bits per heavy atom. The SMILES string of the molecule is Cc1ccc(Cl)cc1N(CCN1CCCC1)C(=O)CNCC(=O)N(C)N1Cc2ccccc2C1. The fourth-order valence-electron chi connectivity index (χ4n) is 4.67. The standard InChI is InChI=1S/C26H34ClN5O2/c1-20-9-10-23(27)15-24(20)32(14-13-30-11-5-6-12-30)26(34)17-28-16-25(33)29(2)31-18-21-7-3-4-8-22(21)19-31/h3-4,7-10,15,28H,5-6,11-14,16-19H2,1-2H3. The molecule has 0 aliphatic carbocycles. The lowest BCUT2D eigenvalue weighted by Crippen LogP contribution is -2.47. The van der Waals surface area contributed by atoms with E-state index in [1.54, 1.807) is 17.0 Å². The average Bonchev–Trinajstić information content (AvgIpc) is 3.50. The van der Waals surface area contributed by atoms with E-state index in [0.29, 0.717) is 11.6 Å². The van der Waals surface area contributed by atoms with E-state index in [0.717, 1.165) is 44.0 Å². The van der Waals surface area contributed by atoms with Crippen LogP contribution in [-0.2, 0) is 22.7 Å². The summed E-state index contributed by atoms with van der Waals surface area (Å²) in [6.07, 6.45) is 2.42. The van der Waals surface area contributed by atoms with Crippen molar-refractivity contribution in [3.8, 4) is 0 Å². The van der Waals surface area contributed by atoms with Crippen LogP contribution in [0.1, 0.15) is 29.5 Å². The number of likely N-dealkylation sites (N-methyl/N-ethyl adjacent to an activating group) is 1. The van der Waals surface area contributed by atoms with Crippen LogP contribution in [0.2, 0.25) is 5.02 Å². The lowest BCUT2D eigenvalue weighted by atomic mass is 10.1. The topological polar surface area (TPSA) is 59.1 Å². The van der Waals surface area contributed by atoms with Crippen LogP contribution in [0.15, 0.2) is 42.5 Å². The molecule has 182 valence electrons. The van der Waals surface area contributed by atoms with E-state index in [1.165, 1.54) is 24.0 Å². The molecule has 1 N–H and O–H groups in total. The fourth-order valence-corrected chi connectivity index (χ4v) is 4.84. The molecule has 0 spiro atoms. The van der Waals surface area contributed by atoms with Gasteiger partial charge in [-0.1, -0.05) is 41.9 Å². The Kier molecular flexibility index (Phi) is 8.21. The van der Waals surface area contributed by atoms with E-state index in [2.05, 4.69) is 22.3 Å². The van der Waals surface area contributed by atoms with E-state index in [-0.39, 0.29) is 24.9 Å². The van der Waals surface area contributed by atoms with Gasteiger partial charge in [0, 0.05) is 43.9 Å². The second kappa shape index (κ2) is 11.3. The van der Waals surface area contributed by atoms with E-state index in [4.69, 9.17) is 11.6 Å². The zero-order chi connectivity index (χ0) is 24.1. The second-order valence-corrected chi connectivity index (χ2v) is 9.57. The lowest BCUT2D eigenvalue weighted by molar-refractivity contribution is -0.145. The van der Waals surface area contributed by atoms with Crippen LogP contribution >= 0.6 is 11.6 Å². The third kappa shape index (κ3) is 5.96. The molecule has 4 rings (SSSR count). The Labute approximate surface area is 207 Å². The van der Waals surface area contributed by atoms with Gasteiger partial charge in [0.2, 0.25) is 5.91 Å². The van der Waals surface area contributed by atoms with Crippen LogP contribution in [0.3, 0.4) is 0 Å². The van der Waals surface area contributed by atoms with Crippen LogP contribution in [0.5, 0.6) is 0 Å². The summed E-state index contributed by atoms with van der Waals surface area (Å²) in [6, 6.07) is 13.9. The minimum Gasteiger partial charge on any atom is -0.310 e. The highest BCUT2D eigenvalue weighted by Gasteiger charge is 2.25. The Morgan fingerprint density at radius 2 is 1.65 bits per heavy atom. The second-order valence-electron chi connectivity index (χ2n) is 9.14. The molecule has 0 saturated carbocycles. The monoisotopic (exact) mass is 483 g/mol. The Hall–Kier alpha value is -2.45. The molecule has 0 unspecified atom stereocenters. The smallest absolute Gasteiger partial charge is 0.250 e. The molecule has 1 fully saturated rings.